The Kier molecular flexibility index (Phi) is 5.58. The molecule has 5 nitrogen and oxygen atoms in total. The van der Waals surface area contributed by atoms with Gasteiger partial charge in [-0.3, -0.25) is 4.79 Å². The van der Waals surface area contributed by atoms with Crippen molar-refractivity contribution in [2.24, 2.45) is 0 Å². The monoisotopic (exact) mass is 251 g/mol. The molecule has 0 radical (unpaired) electrons. The summed E-state index contributed by atoms with van der Waals surface area (Å²) in [6.45, 7) is 7.44. The van der Waals surface area contributed by atoms with Gasteiger partial charge >= 0.3 is 0 Å². The fourth-order valence-electron chi connectivity index (χ4n) is 1.81. The Bertz CT molecular complexity index is 407. The van der Waals surface area contributed by atoms with E-state index in [9.17, 15) is 4.79 Å². The molecule has 0 saturated heterocycles. The van der Waals surface area contributed by atoms with Crippen LogP contribution in [0.3, 0.4) is 0 Å². The summed E-state index contributed by atoms with van der Waals surface area (Å²) < 4.78 is 0. The SMILES string of the molecule is CCNC(=O)CN(CC)c1ncc(CO)cc1C. The largest absolute Gasteiger partial charge is 0.392 e. The number of nitrogens with one attached hydrogen (secondary N) is 1. The van der Waals surface area contributed by atoms with E-state index >= 15 is 0 Å². The maximum atomic E-state index is 11.6. The molecular weight excluding hydrogens is 230 g/mol. The van der Waals surface area contributed by atoms with E-state index in [-0.39, 0.29) is 12.5 Å². The molecule has 0 spiro atoms. The van der Waals surface area contributed by atoms with Crippen LogP contribution in [0.1, 0.15) is 25.0 Å². The van der Waals surface area contributed by atoms with Crippen LogP contribution in [0.15, 0.2) is 12.3 Å². The van der Waals surface area contributed by atoms with Crippen molar-refractivity contribution in [2.45, 2.75) is 27.4 Å². The van der Waals surface area contributed by atoms with Crippen LogP contribution in [0, 0.1) is 6.92 Å². The normalized spacial score (nSPS) is 10.2. The van der Waals surface area contributed by atoms with Crippen LogP contribution >= 0.6 is 0 Å². The minimum absolute atomic E-state index is 0.00761. The molecule has 1 aromatic rings. The zero-order valence-corrected chi connectivity index (χ0v) is 11.2. The molecule has 0 aliphatic rings. The lowest BCUT2D eigenvalue weighted by atomic mass is 10.2. The highest BCUT2D eigenvalue weighted by molar-refractivity contribution is 5.81. The number of aliphatic hydroxyl groups is 1. The molecule has 1 rings (SSSR count). The second-order valence-electron chi connectivity index (χ2n) is 4.11. The molecule has 1 amide bonds. The Labute approximate surface area is 108 Å². The van der Waals surface area contributed by atoms with Crippen LogP contribution in [0.25, 0.3) is 0 Å². The van der Waals surface area contributed by atoms with Crippen molar-refractivity contribution in [3.63, 3.8) is 0 Å². The predicted molar refractivity (Wildman–Crippen MR) is 71.5 cm³/mol. The predicted octanol–water partition coefficient (Wildman–Crippen LogP) is 0.845. The first-order valence-electron chi connectivity index (χ1n) is 6.20. The lowest BCUT2D eigenvalue weighted by Gasteiger charge is -2.23. The van der Waals surface area contributed by atoms with Gasteiger partial charge in [0.15, 0.2) is 0 Å². The molecule has 0 aromatic carbocycles. The molecule has 5 heteroatoms. The maximum absolute atomic E-state index is 11.6. The first-order chi connectivity index (χ1) is 8.62. The van der Waals surface area contributed by atoms with E-state index in [4.69, 9.17) is 5.11 Å². The minimum atomic E-state index is -0.0173. The van der Waals surface area contributed by atoms with Gasteiger partial charge in [-0.15, -0.1) is 0 Å². The van der Waals surface area contributed by atoms with Gasteiger partial charge in [0.25, 0.3) is 0 Å². The summed E-state index contributed by atoms with van der Waals surface area (Å²) >= 11 is 0. The highest BCUT2D eigenvalue weighted by atomic mass is 16.3. The second kappa shape index (κ2) is 6.96. The smallest absolute Gasteiger partial charge is 0.239 e. The van der Waals surface area contributed by atoms with Crippen molar-refractivity contribution in [1.82, 2.24) is 10.3 Å². The van der Waals surface area contributed by atoms with Crippen molar-refractivity contribution < 1.29 is 9.90 Å². The topological polar surface area (TPSA) is 65.5 Å². The third kappa shape index (κ3) is 3.70. The van der Waals surface area contributed by atoms with Crippen molar-refractivity contribution in [2.75, 3.05) is 24.5 Å². The number of likely N-dealkylation sites (N-methyl/N-ethyl adjacent to an activating group) is 2. The Balaban J connectivity index is 2.85. The Morgan fingerprint density at radius 3 is 2.72 bits per heavy atom. The third-order valence-corrected chi connectivity index (χ3v) is 2.68. The number of carbonyl (C=O) groups excluding carboxylic acids is 1. The minimum Gasteiger partial charge on any atom is -0.392 e. The summed E-state index contributed by atoms with van der Waals surface area (Å²) in [4.78, 5) is 17.8. The molecule has 1 aromatic heterocycles. The second-order valence-corrected chi connectivity index (χ2v) is 4.11. The standard InChI is InChI=1S/C13H21N3O2/c1-4-14-12(18)8-16(5-2)13-10(3)6-11(9-17)7-15-13/h6-7,17H,4-5,8-9H2,1-3H3,(H,14,18). The number of anilines is 1. The van der Waals surface area contributed by atoms with Gasteiger partial charge in [-0.2, -0.15) is 0 Å². The summed E-state index contributed by atoms with van der Waals surface area (Å²) in [5.74, 6) is 0.785. The Hall–Kier alpha value is -1.62. The van der Waals surface area contributed by atoms with E-state index < -0.39 is 0 Å². The summed E-state index contributed by atoms with van der Waals surface area (Å²) in [6.07, 6.45) is 1.64. The molecule has 0 aliphatic carbocycles. The van der Waals surface area contributed by atoms with Crippen molar-refractivity contribution >= 4 is 11.7 Å². The van der Waals surface area contributed by atoms with E-state index in [0.29, 0.717) is 19.6 Å². The van der Waals surface area contributed by atoms with Crippen LogP contribution in [0.2, 0.25) is 0 Å². The summed E-state index contributed by atoms with van der Waals surface area (Å²) in [5.41, 5.74) is 1.75. The molecule has 0 aliphatic heterocycles. The van der Waals surface area contributed by atoms with Crippen LogP contribution < -0.4 is 10.2 Å². The van der Waals surface area contributed by atoms with Crippen LogP contribution in [0.5, 0.6) is 0 Å². The number of aromatic nitrogens is 1. The zero-order chi connectivity index (χ0) is 13.5. The molecule has 18 heavy (non-hydrogen) atoms. The quantitative estimate of drug-likeness (QED) is 0.786. The highest BCUT2D eigenvalue weighted by Gasteiger charge is 2.13. The Morgan fingerprint density at radius 2 is 2.22 bits per heavy atom. The number of hydrogen-bond donors (Lipinski definition) is 2. The van der Waals surface area contributed by atoms with Crippen LogP contribution in [-0.4, -0.2) is 35.6 Å². The average molecular weight is 251 g/mol. The van der Waals surface area contributed by atoms with E-state index in [1.54, 1.807) is 6.20 Å². The van der Waals surface area contributed by atoms with Gasteiger partial charge in [0.1, 0.15) is 5.82 Å². The van der Waals surface area contributed by atoms with Crippen LogP contribution in [-0.2, 0) is 11.4 Å². The Morgan fingerprint density at radius 1 is 1.50 bits per heavy atom. The van der Waals surface area contributed by atoms with Gasteiger partial charge in [-0.1, -0.05) is 0 Å². The lowest BCUT2D eigenvalue weighted by Crippen LogP contribution is -2.37. The van der Waals surface area contributed by atoms with Gasteiger partial charge in [0.2, 0.25) is 5.91 Å². The fourth-order valence-corrected chi connectivity index (χ4v) is 1.81. The first-order valence-corrected chi connectivity index (χ1v) is 6.20. The van der Waals surface area contributed by atoms with E-state index in [1.807, 2.05) is 31.7 Å². The van der Waals surface area contributed by atoms with Crippen molar-refractivity contribution in [1.29, 1.82) is 0 Å². The average Bonchev–Trinajstić information content (AvgIpc) is 2.36. The fraction of sp³-hybridized carbons (Fsp3) is 0.538. The number of aryl methyl sites for hydroxylation is 1. The first kappa shape index (κ1) is 14.4. The number of amides is 1. The van der Waals surface area contributed by atoms with E-state index in [1.165, 1.54) is 0 Å². The molecular formula is C13H21N3O2. The zero-order valence-electron chi connectivity index (χ0n) is 11.2. The number of nitrogens with zero attached hydrogens (tertiary/aromatic N) is 2. The van der Waals surface area contributed by atoms with Gasteiger partial charge in [-0.25, -0.2) is 4.98 Å². The molecule has 100 valence electrons. The van der Waals surface area contributed by atoms with E-state index in [2.05, 4.69) is 10.3 Å². The summed E-state index contributed by atoms with van der Waals surface area (Å²) in [6, 6.07) is 1.89. The molecule has 0 fully saturated rings. The summed E-state index contributed by atoms with van der Waals surface area (Å²) in [7, 11) is 0. The maximum Gasteiger partial charge on any atom is 0.239 e. The molecule has 0 bridgehead atoms. The molecule has 1 heterocycles. The number of pyridine rings is 1. The molecule has 0 atom stereocenters. The summed E-state index contributed by atoms with van der Waals surface area (Å²) in [5, 5.41) is 11.8. The van der Waals surface area contributed by atoms with Gasteiger partial charge in [0, 0.05) is 19.3 Å². The van der Waals surface area contributed by atoms with Gasteiger partial charge < -0.3 is 15.3 Å². The number of hydrogen-bond acceptors (Lipinski definition) is 4. The number of carbonyl (C=O) groups is 1. The number of aliphatic hydroxyl groups excluding tert-OH is 1. The molecule has 2 N–H and O–H groups in total. The molecule has 0 unspecified atom stereocenters. The van der Waals surface area contributed by atoms with Crippen LogP contribution in [0.4, 0.5) is 5.82 Å². The number of rotatable bonds is 6. The third-order valence-electron chi connectivity index (χ3n) is 2.68. The van der Waals surface area contributed by atoms with Gasteiger partial charge in [0.05, 0.1) is 13.2 Å². The van der Waals surface area contributed by atoms with Gasteiger partial charge in [-0.05, 0) is 38.0 Å². The van der Waals surface area contributed by atoms with Crippen molar-refractivity contribution in [3.05, 3.63) is 23.4 Å². The van der Waals surface area contributed by atoms with E-state index in [0.717, 1.165) is 16.9 Å². The molecule has 0 saturated carbocycles. The lowest BCUT2D eigenvalue weighted by molar-refractivity contribution is -0.119. The highest BCUT2D eigenvalue weighted by Crippen LogP contribution is 2.17. The van der Waals surface area contributed by atoms with Crippen molar-refractivity contribution in [3.8, 4) is 0 Å².